The van der Waals surface area contributed by atoms with Crippen molar-refractivity contribution in [2.75, 3.05) is 12.4 Å². The summed E-state index contributed by atoms with van der Waals surface area (Å²) >= 11 is 1.26. The number of hydrogen-bond donors (Lipinski definition) is 1. The Labute approximate surface area is 158 Å². The molecule has 0 radical (unpaired) electrons. The van der Waals surface area contributed by atoms with Crippen molar-refractivity contribution in [1.29, 1.82) is 0 Å². The van der Waals surface area contributed by atoms with Crippen LogP contribution in [-0.2, 0) is 0 Å². The summed E-state index contributed by atoms with van der Waals surface area (Å²) in [5.74, 6) is -0.384. The van der Waals surface area contributed by atoms with Crippen LogP contribution in [0.1, 0.15) is 15.4 Å². The van der Waals surface area contributed by atoms with Gasteiger partial charge in [-0.15, -0.1) is 11.3 Å². The Bertz CT molecular complexity index is 945. The van der Waals surface area contributed by atoms with Gasteiger partial charge >= 0.3 is 6.61 Å². The maximum Gasteiger partial charge on any atom is 0.387 e. The van der Waals surface area contributed by atoms with Gasteiger partial charge in [0.15, 0.2) is 11.5 Å². The summed E-state index contributed by atoms with van der Waals surface area (Å²) in [6, 6.07) is 13.8. The minimum Gasteiger partial charge on any atom is -0.493 e. The van der Waals surface area contributed by atoms with Gasteiger partial charge in [-0.25, -0.2) is 4.98 Å². The molecule has 3 aromatic rings. The molecule has 0 spiro atoms. The average molecular weight is 390 g/mol. The van der Waals surface area contributed by atoms with E-state index in [2.05, 4.69) is 15.0 Å². The van der Waals surface area contributed by atoms with E-state index in [1.807, 2.05) is 30.3 Å². The van der Waals surface area contributed by atoms with Crippen molar-refractivity contribution in [3.63, 3.8) is 0 Å². The standard InChI is InChI=1S/C19H16F2N2O3S/c1-11-16(27-18(22-11)12-6-4-3-5-7-12)17(24)23-13-8-9-14(25-2)15(10-13)26-19(20)21/h3-10,19H,1-2H3,(H,23,24). The number of ether oxygens (including phenoxy) is 2. The molecule has 0 aliphatic carbocycles. The Morgan fingerprint density at radius 2 is 1.89 bits per heavy atom. The number of benzene rings is 2. The monoisotopic (exact) mass is 390 g/mol. The van der Waals surface area contributed by atoms with Crippen molar-refractivity contribution >= 4 is 22.9 Å². The van der Waals surface area contributed by atoms with E-state index < -0.39 is 6.61 Å². The van der Waals surface area contributed by atoms with Gasteiger partial charge in [-0.1, -0.05) is 30.3 Å². The van der Waals surface area contributed by atoms with E-state index in [-0.39, 0.29) is 17.4 Å². The Morgan fingerprint density at radius 1 is 1.15 bits per heavy atom. The van der Waals surface area contributed by atoms with E-state index >= 15 is 0 Å². The highest BCUT2D eigenvalue weighted by Gasteiger charge is 2.18. The lowest BCUT2D eigenvalue weighted by atomic mass is 10.2. The molecule has 2 aromatic carbocycles. The second-order valence-corrected chi connectivity index (χ2v) is 6.50. The second-order valence-electron chi connectivity index (χ2n) is 5.50. The van der Waals surface area contributed by atoms with Crippen LogP contribution in [0.5, 0.6) is 11.5 Å². The lowest BCUT2D eigenvalue weighted by Gasteiger charge is -2.12. The van der Waals surface area contributed by atoms with Crippen LogP contribution in [0.2, 0.25) is 0 Å². The molecule has 0 aliphatic rings. The number of rotatable bonds is 6. The Hall–Kier alpha value is -3.00. The van der Waals surface area contributed by atoms with Crippen molar-refractivity contribution in [1.82, 2.24) is 4.98 Å². The Kier molecular flexibility index (Phi) is 5.66. The normalized spacial score (nSPS) is 10.7. The van der Waals surface area contributed by atoms with Gasteiger partial charge in [0.2, 0.25) is 0 Å². The van der Waals surface area contributed by atoms with E-state index in [4.69, 9.17) is 4.74 Å². The number of thiazole rings is 1. The number of carbonyl (C=O) groups is 1. The highest BCUT2D eigenvalue weighted by Crippen LogP contribution is 2.33. The third-order valence-corrected chi connectivity index (χ3v) is 4.87. The maximum atomic E-state index is 12.6. The fraction of sp³-hybridized carbons (Fsp3) is 0.158. The second kappa shape index (κ2) is 8.13. The molecule has 1 heterocycles. The molecule has 5 nitrogen and oxygen atoms in total. The predicted molar refractivity (Wildman–Crippen MR) is 99.9 cm³/mol. The SMILES string of the molecule is COc1ccc(NC(=O)c2sc(-c3ccccc3)nc2C)cc1OC(F)F. The summed E-state index contributed by atoms with van der Waals surface area (Å²) in [6.07, 6.45) is 0. The summed E-state index contributed by atoms with van der Waals surface area (Å²) in [6.45, 7) is -1.25. The molecule has 3 rings (SSSR count). The number of aromatic nitrogens is 1. The first kappa shape index (κ1) is 18.8. The zero-order valence-corrected chi connectivity index (χ0v) is 15.3. The molecular formula is C19H16F2N2O3S. The molecule has 8 heteroatoms. The molecule has 0 saturated carbocycles. The molecule has 140 valence electrons. The molecule has 0 unspecified atom stereocenters. The fourth-order valence-electron chi connectivity index (χ4n) is 2.44. The largest absolute Gasteiger partial charge is 0.493 e. The highest BCUT2D eigenvalue weighted by molar-refractivity contribution is 7.17. The number of hydrogen-bond acceptors (Lipinski definition) is 5. The molecule has 0 bridgehead atoms. The number of nitrogens with one attached hydrogen (secondary N) is 1. The highest BCUT2D eigenvalue weighted by atomic mass is 32.1. The number of aryl methyl sites for hydroxylation is 1. The van der Waals surface area contributed by atoms with E-state index in [0.717, 1.165) is 10.6 Å². The predicted octanol–water partition coefficient (Wildman–Crippen LogP) is 4.98. The molecule has 0 atom stereocenters. The summed E-state index contributed by atoms with van der Waals surface area (Å²) in [5.41, 5.74) is 1.82. The summed E-state index contributed by atoms with van der Waals surface area (Å²) in [5, 5.41) is 3.41. The third kappa shape index (κ3) is 4.40. The lowest BCUT2D eigenvalue weighted by molar-refractivity contribution is -0.0511. The molecule has 1 amide bonds. The van der Waals surface area contributed by atoms with Crippen LogP contribution in [0.4, 0.5) is 14.5 Å². The van der Waals surface area contributed by atoms with Gasteiger partial charge in [-0.2, -0.15) is 8.78 Å². The van der Waals surface area contributed by atoms with Gasteiger partial charge < -0.3 is 14.8 Å². The molecule has 1 aromatic heterocycles. The van der Waals surface area contributed by atoms with E-state index in [9.17, 15) is 13.6 Å². The number of methoxy groups -OCH3 is 1. The topological polar surface area (TPSA) is 60.5 Å². The van der Waals surface area contributed by atoms with Crippen LogP contribution >= 0.6 is 11.3 Å². The van der Waals surface area contributed by atoms with Gasteiger partial charge in [0.25, 0.3) is 5.91 Å². The van der Waals surface area contributed by atoms with Gasteiger partial charge in [-0.3, -0.25) is 4.79 Å². The van der Waals surface area contributed by atoms with E-state index in [1.165, 1.54) is 30.6 Å². The third-order valence-electron chi connectivity index (χ3n) is 3.66. The molecule has 27 heavy (non-hydrogen) atoms. The first-order chi connectivity index (χ1) is 13.0. The van der Waals surface area contributed by atoms with Gasteiger partial charge in [0, 0.05) is 17.3 Å². The zero-order valence-electron chi connectivity index (χ0n) is 14.5. The van der Waals surface area contributed by atoms with Crippen LogP contribution < -0.4 is 14.8 Å². The van der Waals surface area contributed by atoms with Crippen molar-refractivity contribution < 1.29 is 23.0 Å². The van der Waals surface area contributed by atoms with Gasteiger partial charge in [0.1, 0.15) is 9.88 Å². The Balaban J connectivity index is 1.82. The van der Waals surface area contributed by atoms with Crippen LogP contribution in [0.25, 0.3) is 10.6 Å². The number of anilines is 1. The van der Waals surface area contributed by atoms with Crippen molar-refractivity contribution in [3.05, 3.63) is 59.1 Å². The van der Waals surface area contributed by atoms with E-state index in [0.29, 0.717) is 16.3 Å². The minimum absolute atomic E-state index is 0.147. The van der Waals surface area contributed by atoms with Crippen molar-refractivity contribution in [2.24, 2.45) is 0 Å². The van der Waals surface area contributed by atoms with Crippen LogP contribution in [-0.4, -0.2) is 24.6 Å². The van der Waals surface area contributed by atoms with Crippen molar-refractivity contribution in [3.8, 4) is 22.1 Å². The number of alkyl halides is 2. The minimum atomic E-state index is -3.00. The maximum absolute atomic E-state index is 12.6. The lowest BCUT2D eigenvalue weighted by Crippen LogP contribution is -2.12. The fourth-order valence-corrected chi connectivity index (χ4v) is 3.41. The van der Waals surface area contributed by atoms with Crippen molar-refractivity contribution in [2.45, 2.75) is 13.5 Å². The average Bonchev–Trinajstić information content (AvgIpc) is 3.04. The van der Waals surface area contributed by atoms with Gasteiger partial charge in [0.05, 0.1) is 12.8 Å². The summed E-state index contributed by atoms with van der Waals surface area (Å²) in [4.78, 5) is 17.5. The van der Waals surface area contributed by atoms with Crippen LogP contribution in [0.15, 0.2) is 48.5 Å². The number of nitrogens with zero attached hydrogens (tertiary/aromatic N) is 1. The number of carbonyl (C=O) groups excluding carboxylic acids is 1. The zero-order chi connectivity index (χ0) is 19.4. The summed E-state index contributed by atoms with van der Waals surface area (Å²) in [7, 11) is 1.34. The number of halogens is 2. The number of amides is 1. The molecule has 0 aliphatic heterocycles. The molecule has 1 N–H and O–H groups in total. The Morgan fingerprint density at radius 3 is 2.56 bits per heavy atom. The smallest absolute Gasteiger partial charge is 0.387 e. The van der Waals surface area contributed by atoms with Crippen LogP contribution in [0, 0.1) is 6.92 Å². The first-order valence-electron chi connectivity index (χ1n) is 7.95. The van der Waals surface area contributed by atoms with Crippen LogP contribution in [0.3, 0.4) is 0 Å². The first-order valence-corrected chi connectivity index (χ1v) is 8.76. The molecule has 0 fully saturated rings. The quantitative estimate of drug-likeness (QED) is 0.645. The van der Waals surface area contributed by atoms with E-state index in [1.54, 1.807) is 13.0 Å². The molecular weight excluding hydrogens is 374 g/mol. The van der Waals surface area contributed by atoms with Gasteiger partial charge in [-0.05, 0) is 19.1 Å². The molecule has 0 saturated heterocycles. The summed E-state index contributed by atoms with van der Waals surface area (Å²) < 4.78 is 34.5.